The quantitative estimate of drug-likeness (QED) is 0.688. The van der Waals surface area contributed by atoms with E-state index >= 15 is 0 Å². The third-order valence-electron chi connectivity index (χ3n) is 7.57. The number of hydrogen-bond donors (Lipinski definition) is 2. The topological polar surface area (TPSA) is 101 Å². The molecular weight excluding hydrogens is 380 g/mol. The molecule has 0 aromatic carbocycles. The van der Waals surface area contributed by atoms with E-state index in [4.69, 9.17) is 5.73 Å². The molecule has 166 valence electrons. The van der Waals surface area contributed by atoms with Crippen LogP contribution in [0.3, 0.4) is 0 Å². The second-order valence-corrected chi connectivity index (χ2v) is 11.1. The smallest absolute Gasteiger partial charge is 0.269 e. The van der Waals surface area contributed by atoms with Crippen molar-refractivity contribution < 1.29 is 14.8 Å². The van der Waals surface area contributed by atoms with Gasteiger partial charge < -0.3 is 10.9 Å². The Bertz CT molecular complexity index is 803. The summed E-state index contributed by atoms with van der Waals surface area (Å²) in [5.41, 5.74) is 5.48. The van der Waals surface area contributed by atoms with Gasteiger partial charge in [0.15, 0.2) is 5.69 Å². The molecule has 0 spiro atoms. The lowest BCUT2D eigenvalue weighted by molar-refractivity contribution is -0.242. The normalized spacial score (nSPS) is 31.3. The number of carbonyl (C=O) groups excluding carboxylic acids is 2. The Balaban J connectivity index is 1.68. The van der Waals surface area contributed by atoms with E-state index in [1.807, 2.05) is 27.7 Å². The molecule has 5 rings (SSSR count). The van der Waals surface area contributed by atoms with Crippen LogP contribution in [0.4, 0.5) is 0 Å². The fourth-order valence-electron chi connectivity index (χ4n) is 6.64. The molecule has 4 saturated carbocycles. The van der Waals surface area contributed by atoms with Crippen LogP contribution in [-0.2, 0) is 5.41 Å². The first kappa shape index (κ1) is 21.5. The number of primary amides is 1. The lowest BCUT2D eigenvalue weighted by Gasteiger charge is -2.59. The number of carbonyl (C=O) groups is 2. The van der Waals surface area contributed by atoms with Gasteiger partial charge >= 0.3 is 0 Å². The van der Waals surface area contributed by atoms with Crippen molar-refractivity contribution in [2.24, 2.45) is 23.5 Å². The summed E-state index contributed by atoms with van der Waals surface area (Å²) in [5.74, 6) is 1.08. The molecule has 1 heterocycles. The monoisotopic (exact) mass is 416 g/mol. The van der Waals surface area contributed by atoms with E-state index in [0.29, 0.717) is 29.9 Å². The van der Waals surface area contributed by atoms with Crippen LogP contribution in [0, 0.1) is 17.8 Å². The lowest BCUT2D eigenvalue weighted by atomic mass is 9.52. The minimum Gasteiger partial charge on any atom is -0.364 e. The fourth-order valence-corrected chi connectivity index (χ4v) is 6.64. The van der Waals surface area contributed by atoms with Crippen LogP contribution < -0.4 is 5.73 Å². The molecule has 1 amide bonds. The predicted molar refractivity (Wildman–Crippen MR) is 113 cm³/mol. The summed E-state index contributed by atoms with van der Waals surface area (Å²) >= 11 is 0. The minimum absolute atomic E-state index is 0.0859. The summed E-state index contributed by atoms with van der Waals surface area (Å²) in [6, 6.07) is 0.934. The second-order valence-electron chi connectivity index (χ2n) is 11.1. The Kier molecular flexibility index (Phi) is 5.34. The van der Waals surface area contributed by atoms with Gasteiger partial charge in [-0.15, -0.1) is 0 Å². The minimum atomic E-state index is -0.673. The highest BCUT2D eigenvalue weighted by molar-refractivity contribution is 5.92. The van der Waals surface area contributed by atoms with Crippen LogP contribution >= 0.6 is 0 Å². The Morgan fingerprint density at radius 2 is 1.77 bits per heavy atom. The van der Waals surface area contributed by atoms with E-state index in [2.05, 4.69) is 5.10 Å². The molecule has 1 atom stereocenters. The van der Waals surface area contributed by atoms with E-state index in [1.54, 1.807) is 6.07 Å². The maximum absolute atomic E-state index is 13.7. The number of amides is 1. The van der Waals surface area contributed by atoms with Gasteiger partial charge in [-0.1, -0.05) is 34.1 Å². The fraction of sp³-hybridized carbons (Fsp3) is 0.783. The predicted octanol–water partition coefficient (Wildman–Crippen LogP) is 3.75. The highest BCUT2D eigenvalue weighted by atomic mass is 16.5. The molecule has 0 radical (unpaired) electrons. The van der Waals surface area contributed by atoms with Crippen molar-refractivity contribution in [1.29, 1.82) is 0 Å². The standard InChI is InChI=1S/C23H36N4O3/c1-5-6-18(21(29)26-19(22(2,3)4)10-17(25-26)20(24)28)27(30)23-11-14-7-15(12-23)9-16(8-14)13-23/h10,14-16,18,30H,5-9,11-13H2,1-4H3,(H2,24,28). The summed E-state index contributed by atoms with van der Waals surface area (Å²) in [6.07, 6.45) is 8.06. The van der Waals surface area contributed by atoms with Crippen molar-refractivity contribution >= 4 is 11.8 Å². The molecule has 0 aliphatic heterocycles. The third kappa shape index (κ3) is 3.60. The van der Waals surface area contributed by atoms with Crippen molar-refractivity contribution in [3.05, 3.63) is 17.5 Å². The maximum Gasteiger partial charge on any atom is 0.269 e. The van der Waals surface area contributed by atoms with Gasteiger partial charge in [-0.05, 0) is 68.8 Å². The molecule has 7 nitrogen and oxygen atoms in total. The molecule has 1 aromatic heterocycles. The van der Waals surface area contributed by atoms with Crippen molar-refractivity contribution in [3.63, 3.8) is 0 Å². The van der Waals surface area contributed by atoms with Gasteiger partial charge in [0, 0.05) is 11.0 Å². The highest BCUT2D eigenvalue weighted by Gasteiger charge is 2.55. The molecule has 3 N–H and O–H groups in total. The average Bonchev–Trinajstić information content (AvgIpc) is 3.10. The number of hydrogen-bond acceptors (Lipinski definition) is 5. The van der Waals surface area contributed by atoms with E-state index in [1.165, 1.54) is 29.0 Å². The molecule has 7 heteroatoms. The van der Waals surface area contributed by atoms with Crippen LogP contribution in [0.2, 0.25) is 0 Å². The molecule has 30 heavy (non-hydrogen) atoms. The zero-order chi connectivity index (χ0) is 21.8. The summed E-state index contributed by atoms with van der Waals surface area (Å²) in [6.45, 7) is 7.95. The molecule has 4 bridgehead atoms. The molecule has 4 aliphatic rings. The first-order chi connectivity index (χ1) is 14.0. The zero-order valence-corrected chi connectivity index (χ0v) is 18.7. The number of nitrogens with zero attached hydrogens (tertiary/aromatic N) is 3. The van der Waals surface area contributed by atoms with E-state index < -0.39 is 17.4 Å². The SMILES string of the molecule is CCCC(C(=O)n1nc(C(N)=O)cc1C(C)(C)C)N(O)C12CC3CC(CC(C3)C1)C2. The third-order valence-corrected chi connectivity index (χ3v) is 7.57. The first-order valence-corrected chi connectivity index (χ1v) is 11.5. The molecule has 4 fully saturated rings. The first-order valence-electron chi connectivity index (χ1n) is 11.5. The van der Waals surface area contributed by atoms with Gasteiger partial charge in [0.25, 0.3) is 11.8 Å². The molecular formula is C23H36N4O3. The molecule has 1 unspecified atom stereocenters. The summed E-state index contributed by atoms with van der Waals surface area (Å²) < 4.78 is 1.32. The summed E-state index contributed by atoms with van der Waals surface area (Å²) in [5, 5.41) is 17.2. The molecule has 0 saturated heterocycles. The van der Waals surface area contributed by atoms with Crippen molar-refractivity contribution in [1.82, 2.24) is 14.8 Å². The Morgan fingerprint density at radius 3 is 2.20 bits per heavy atom. The Morgan fingerprint density at radius 1 is 1.23 bits per heavy atom. The van der Waals surface area contributed by atoms with Gasteiger partial charge in [0.2, 0.25) is 0 Å². The van der Waals surface area contributed by atoms with Gasteiger partial charge in [-0.2, -0.15) is 10.2 Å². The zero-order valence-electron chi connectivity index (χ0n) is 18.7. The lowest BCUT2D eigenvalue weighted by Crippen LogP contribution is -2.63. The van der Waals surface area contributed by atoms with Gasteiger partial charge in [0.1, 0.15) is 6.04 Å². The Hall–Kier alpha value is -1.73. The van der Waals surface area contributed by atoms with Crippen LogP contribution in [-0.4, -0.2) is 43.4 Å². The van der Waals surface area contributed by atoms with Gasteiger partial charge in [-0.3, -0.25) is 9.59 Å². The number of aromatic nitrogens is 2. The van der Waals surface area contributed by atoms with Crippen LogP contribution in [0.15, 0.2) is 6.07 Å². The van der Waals surface area contributed by atoms with Crippen LogP contribution in [0.5, 0.6) is 0 Å². The van der Waals surface area contributed by atoms with E-state index in [0.717, 1.165) is 25.7 Å². The van der Waals surface area contributed by atoms with Crippen molar-refractivity contribution in [3.8, 4) is 0 Å². The van der Waals surface area contributed by atoms with Crippen molar-refractivity contribution in [2.75, 3.05) is 0 Å². The number of nitrogens with two attached hydrogens (primary N) is 1. The average molecular weight is 417 g/mol. The summed E-state index contributed by atoms with van der Waals surface area (Å²) in [7, 11) is 0. The molecule has 4 aliphatic carbocycles. The highest BCUT2D eigenvalue weighted by Crippen LogP contribution is 2.58. The Labute approximate surface area is 178 Å². The van der Waals surface area contributed by atoms with Crippen LogP contribution in [0.25, 0.3) is 0 Å². The summed E-state index contributed by atoms with van der Waals surface area (Å²) in [4.78, 5) is 25.5. The van der Waals surface area contributed by atoms with Gasteiger partial charge in [0.05, 0.1) is 5.69 Å². The van der Waals surface area contributed by atoms with Crippen LogP contribution in [0.1, 0.15) is 100 Å². The number of rotatable bonds is 6. The largest absolute Gasteiger partial charge is 0.364 e. The number of hydroxylamine groups is 2. The van der Waals surface area contributed by atoms with Crippen molar-refractivity contribution in [2.45, 2.75) is 96.1 Å². The van der Waals surface area contributed by atoms with E-state index in [-0.39, 0.29) is 17.1 Å². The second kappa shape index (κ2) is 7.45. The molecule has 1 aromatic rings. The van der Waals surface area contributed by atoms with E-state index in [9.17, 15) is 14.8 Å². The van der Waals surface area contributed by atoms with Gasteiger partial charge in [-0.25, -0.2) is 4.68 Å². The maximum atomic E-state index is 13.7.